The zero-order valence-electron chi connectivity index (χ0n) is 10.9. The van der Waals surface area contributed by atoms with Crippen LogP contribution in [0.2, 0.25) is 0 Å². The molecule has 0 aliphatic heterocycles. The van der Waals surface area contributed by atoms with Crippen molar-refractivity contribution in [2.24, 2.45) is 0 Å². The van der Waals surface area contributed by atoms with Crippen LogP contribution >= 0.6 is 11.5 Å². The van der Waals surface area contributed by atoms with Crippen LogP contribution in [0.1, 0.15) is 13.3 Å². The lowest BCUT2D eigenvalue weighted by molar-refractivity contribution is 0.153. The summed E-state index contributed by atoms with van der Waals surface area (Å²) in [6.45, 7) is 0.521. The van der Waals surface area contributed by atoms with E-state index in [9.17, 15) is 17.2 Å². The van der Waals surface area contributed by atoms with Gasteiger partial charge in [-0.05, 0) is 18.0 Å². The van der Waals surface area contributed by atoms with E-state index in [4.69, 9.17) is 10.8 Å². The van der Waals surface area contributed by atoms with Crippen LogP contribution in [0.25, 0.3) is 0 Å². The Bertz CT molecular complexity index is 534. The zero-order valence-corrected chi connectivity index (χ0v) is 12.6. The van der Waals surface area contributed by atoms with E-state index in [1.54, 1.807) is 6.92 Å². The van der Waals surface area contributed by atoms with E-state index in [1.165, 1.54) is 0 Å². The average Bonchev–Trinajstić information content (AvgIpc) is 2.70. The number of anilines is 2. The number of alkyl halides is 2. The molecule has 0 spiro atoms. The number of aliphatic hydroxyl groups excluding tert-OH is 1. The normalized spacial score (nSPS) is 12.1. The minimum Gasteiger partial charge on any atom is -0.395 e. The first kappa shape index (κ1) is 17.1. The Morgan fingerprint density at radius 2 is 2.15 bits per heavy atom. The molecular weight excluding hydrogens is 312 g/mol. The van der Waals surface area contributed by atoms with Crippen molar-refractivity contribution in [3.8, 4) is 0 Å². The molecule has 1 heterocycles. The van der Waals surface area contributed by atoms with E-state index < -0.39 is 22.8 Å². The Hall–Kier alpha value is -1.00. The lowest BCUT2D eigenvalue weighted by Gasteiger charge is -2.22. The maximum Gasteiger partial charge on any atom is 0.255 e. The summed E-state index contributed by atoms with van der Waals surface area (Å²) in [4.78, 5) is 0.889. The van der Waals surface area contributed by atoms with Crippen LogP contribution in [-0.2, 0) is 9.84 Å². The molecule has 3 N–H and O–H groups in total. The highest BCUT2D eigenvalue weighted by Gasteiger charge is 2.28. The standard InChI is InChI=1S/C10H17F2N3O3S2/c1-2-5-20(17,18)8-9(13)14-19-10(8)15(3-4-16)6-7(11)12/h7,16H,2-6H2,1H3,(H2,13,14). The first-order chi connectivity index (χ1) is 9.33. The third-order valence-corrected chi connectivity index (χ3v) is 5.48. The van der Waals surface area contributed by atoms with Crippen molar-refractivity contribution < 1.29 is 22.3 Å². The van der Waals surface area contributed by atoms with E-state index in [2.05, 4.69) is 4.37 Å². The van der Waals surface area contributed by atoms with Gasteiger partial charge in [-0.2, -0.15) is 4.37 Å². The zero-order chi connectivity index (χ0) is 15.3. The second-order valence-corrected chi connectivity index (χ2v) is 6.88. The van der Waals surface area contributed by atoms with Gasteiger partial charge in [-0.1, -0.05) is 6.92 Å². The Balaban J connectivity index is 3.24. The van der Waals surface area contributed by atoms with Crippen molar-refractivity contribution in [1.82, 2.24) is 4.37 Å². The van der Waals surface area contributed by atoms with Crippen LogP contribution in [0.4, 0.5) is 19.6 Å². The van der Waals surface area contributed by atoms with E-state index in [1.807, 2.05) is 0 Å². The van der Waals surface area contributed by atoms with E-state index in [0.29, 0.717) is 6.42 Å². The molecule has 20 heavy (non-hydrogen) atoms. The molecule has 0 bridgehead atoms. The number of rotatable bonds is 8. The fourth-order valence-electron chi connectivity index (χ4n) is 1.71. The minimum absolute atomic E-state index is 0.0605. The van der Waals surface area contributed by atoms with Gasteiger partial charge in [0.05, 0.1) is 18.9 Å². The van der Waals surface area contributed by atoms with Gasteiger partial charge in [-0.25, -0.2) is 17.2 Å². The van der Waals surface area contributed by atoms with E-state index >= 15 is 0 Å². The topological polar surface area (TPSA) is 96.5 Å². The Kier molecular flexibility index (Phi) is 6.08. The van der Waals surface area contributed by atoms with Crippen LogP contribution in [0, 0.1) is 0 Å². The molecule has 0 saturated carbocycles. The molecule has 1 rings (SSSR count). The first-order valence-corrected chi connectivity index (χ1v) is 8.37. The highest BCUT2D eigenvalue weighted by atomic mass is 32.2. The maximum absolute atomic E-state index is 12.6. The van der Waals surface area contributed by atoms with Crippen molar-refractivity contribution in [2.45, 2.75) is 24.7 Å². The molecule has 0 aliphatic rings. The molecule has 0 amide bonds. The summed E-state index contributed by atoms with van der Waals surface area (Å²) in [6.07, 6.45) is -2.28. The fourth-order valence-corrected chi connectivity index (χ4v) is 4.51. The second-order valence-electron chi connectivity index (χ2n) is 4.08. The summed E-state index contributed by atoms with van der Waals surface area (Å²) in [6, 6.07) is 0. The highest BCUT2D eigenvalue weighted by molar-refractivity contribution is 7.91. The maximum atomic E-state index is 12.6. The number of aliphatic hydroxyl groups is 1. The molecule has 0 aliphatic carbocycles. The van der Waals surface area contributed by atoms with Crippen molar-refractivity contribution in [2.75, 3.05) is 36.1 Å². The van der Waals surface area contributed by atoms with Gasteiger partial charge >= 0.3 is 0 Å². The molecule has 0 radical (unpaired) electrons. The van der Waals surface area contributed by atoms with Crippen LogP contribution in [0.15, 0.2) is 4.90 Å². The number of nitrogens with zero attached hydrogens (tertiary/aromatic N) is 2. The van der Waals surface area contributed by atoms with Gasteiger partial charge in [0, 0.05) is 6.54 Å². The van der Waals surface area contributed by atoms with Gasteiger partial charge in [0.15, 0.2) is 15.7 Å². The van der Waals surface area contributed by atoms with Gasteiger partial charge in [-0.3, -0.25) is 0 Å². The molecule has 116 valence electrons. The summed E-state index contributed by atoms with van der Waals surface area (Å²) < 4.78 is 53.1. The van der Waals surface area contributed by atoms with Gasteiger partial charge < -0.3 is 15.7 Å². The molecule has 6 nitrogen and oxygen atoms in total. The summed E-state index contributed by atoms with van der Waals surface area (Å²) in [5.41, 5.74) is 5.57. The van der Waals surface area contributed by atoms with E-state index in [-0.39, 0.29) is 34.6 Å². The highest BCUT2D eigenvalue weighted by Crippen LogP contribution is 2.35. The average molecular weight is 329 g/mol. The predicted molar refractivity (Wildman–Crippen MR) is 74.2 cm³/mol. The third kappa shape index (κ3) is 4.00. The van der Waals surface area contributed by atoms with Crippen molar-refractivity contribution in [1.29, 1.82) is 0 Å². The molecule has 0 saturated heterocycles. The SMILES string of the molecule is CCCS(=O)(=O)c1c(N)nsc1N(CCO)CC(F)F. The molecule has 10 heteroatoms. The molecular formula is C10H17F2N3O3S2. The number of aromatic nitrogens is 1. The van der Waals surface area contributed by atoms with Crippen LogP contribution < -0.4 is 10.6 Å². The fraction of sp³-hybridized carbons (Fsp3) is 0.700. The number of sulfone groups is 1. The van der Waals surface area contributed by atoms with Gasteiger partial charge in [0.2, 0.25) is 0 Å². The summed E-state index contributed by atoms with van der Waals surface area (Å²) >= 11 is 0.746. The van der Waals surface area contributed by atoms with Gasteiger partial charge in [0.1, 0.15) is 9.90 Å². The number of hydrogen-bond acceptors (Lipinski definition) is 7. The third-order valence-electron chi connectivity index (χ3n) is 2.46. The van der Waals surface area contributed by atoms with Crippen LogP contribution in [0.5, 0.6) is 0 Å². The van der Waals surface area contributed by atoms with Crippen LogP contribution in [0.3, 0.4) is 0 Å². The first-order valence-electron chi connectivity index (χ1n) is 5.95. The van der Waals surface area contributed by atoms with Crippen LogP contribution in [-0.4, -0.2) is 49.8 Å². The molecule has 0 aromatic carbocycles. The lowest BCUT2D eigenvalue weighted by atomic mass is 10.4. The van der Waals surface area contributed by atoms with Gasteiger partial charge in [0.25, 0.3) is 6.43 Å². The second kappa shape index (κ2) is 7.14. The largest absolute Gasteiger partial charge is 0.395 e. The Morgan fingerprint density at radius 3 is 2.65 bits per heavy atom. The molecule has 0 unspecified atom stereocenters. The van der Waals surface area contributed by atoms with Gasteiger partial charge in [-0.15, -0.1) is 0 Å². The van der Waals surface area contributed by atoms with Crippen molar-refractivity contribution >= 4 is 32.2 Å². The monoisotopic (exact) mass is 329 g/mol. The number of hydrogen-bond donors (Lipinski definition) is 2. The molecule has 1 aromatic rings. The molecule has 1 aromatic heterocycles. The minimum atomic E-state index is -3.67. The summed E-state index contributed by atoms with van der Waals surface area (Å²) in [5, 5.41) is 8.99. The quantitative estimate of drug-likeness (QED) is 0.738. The van der Waals surface area contributed by atoms with Crippen molar-refractivity contribution in [3.63, 3.8) is 0 Å². The number of nitrogens with two attached hydrogens (primary N) is 1. The molecule has 0 atom stereocenters. The summed E-state index contributed by atoms with van der Waals surface area (Å²) in [7, 11) is -3.67. The number of nitrogen functional groups attached to an aromatic ring is 1. The molecule has 0 fully saturated rings. The van der Waals surface area contributed by atoms with Crippen molar-refractivity contribution in [3.05, 3.63) is 0 Å². The Morgan fingerprint density at radius 1 is 1.50 bits per heavy atom. The summed E-state index contributed by atoms with van der Waals surface area (Å²) in [5.74, 6) is -0.319. The Labute approximate surface area is 120 Å². The predicted octanol–water partition coefficient (Wildman–Crippen LogP) is 0.973. The smallest absolute Gasteiger partial charge is 0.255 e. The lowest BCUT2D eigenvalue weighted by Crippen LogP contribution is -2.32. The van der Waals surface area contributed by atoms with E-state index in [0.717, 1.165) is 16.4 Å². The number of halogens is 2.